The molecule has 0 bridgehead atoms. The standard InChI is InChI=1S/C18H17ClN2O4/c1-11(22)12-7-8-16(25-2)13(9-12)10-17(23)20-21-18(24)14-5-3-4-6-15(14)19/h3-9H,10H2,1-2H3,(H,20,23)(H,21,24). The van der Waals surface area contributed by atoms with Gasteiger partial charge in [0, 0.05) is 11.1 Å². The van der Waals surface area contributed by atoms with Crippen molar-refractivity contribution < 1.29 is 19.1 Å². The highest BCUT2D eigenvalue weighted by molar-refractivity contribution is 6.33. The Bertz CT molecular complexity index is 820. The van der Waals surface area contributed by atoms with E-state index in [1.54, 1.807) is 42.5 Å². The maximum atomic E-state index is 12.1. The molecule has 0 spiro atoms. The first kappa shape index (κ1) is 18.5. The van der Waals surface area contributed by atoms with Crippen molar-refractivity contribution in [1.29, 1.82) is 0 Å². The van der Waals surface area contributed by atoms with E-state index in [1.807, 2.05) is 0 Å². The second kappa shape index (κ2) is 8.30. The number of ketones is 1. The van der Waals surface area contributed by atoms with Crippen molar-refractivity contribution in [2.45, 2.75) is 13.3 Å². The highest BCUT2D eigenvalue weighted by Gasteiger charge is 2.14. The third kappa shape index (κ3) is 4.81. The summed E-state index contributed by atoms with van der Waals surface area (Å²) in [6, 6.07) is 11.3. The Morgan fingerprint density at radius 2 is 1.80 bits per heavy atom. The number of ether oxygens (including phenoxy) is 1. The van der Waals surface area contributed by atoms with E-state index in [4.69, 9.17) is 16.3 Å². The van der Waals surface area contributed by atoms with Gasteiger partial charge in [0.2, 0.25) is 5.91 Å². The Labute approximate surface area is 150 Å². The van der Waals surface area contributed by atoms with Crippen molar-refractivity contribution in [3.05, 3.63) is 64.2 Å². The summed E-state index contributed by atoms with van der Waals surface area (Å²) in [5.74, 6) is -0.614. The number of hydrogen-bond acceptors (Lipinski definition) is 4. The van der Waals surface area contributed by atoms with Gasteiger partial charge in [-0.25, -0.2) is 0 Å². The Kier molecular flexibility index (Phi) is 6.14. The Morgan fingerprint density at radius 1 is 1.08 bits per heavy atom. The van der Waals surface area contributed by atoms with Gasteiger partial charge in [0.05, 0.1) is 24.1 Å². The molecule has 6 nitrogen and oxygen atoms in total. The van der Waals surface area contributed by atoms with Gasteiger partial charge in [-0.15, -0.1) is 0 Å². The van der Waals surface area contributed by atoms with Gasteiger partial charge < -0.3 is 4.74 Å². The average Bonchev–Trinajstić information content (AvgIpc) is 2.60. The van der Waals surface area contributed by atoms with Gasteiger partial charge in [0.25, 0.3) is 5.91 Å². The summed E-state index contributed by atoms with van der Waals surface area (Å²) in [5, 5.41) is 0.282. The molecule has 7 heteroatoms. The minimum atomic E-state index is -0.525. The average molecular weight is 361 g/mol. The smallest absolute Gasteiger partial charge is 0.271 e. The molecule has 2 amide bonds. The monoisotopic (exact) mass is 360 g/mol. The van der Waals surface area contributed by atoms with Crippen molar-refractivity contribution in [3.63, 3.8) is 0 Å². The van der Waals surface area contributed by atoms with Crippen LogP contribution in [-0.2, 0) is 11.2 Å². The van der Waals surface area contributed by atoms with Crippen molar-refractivity contribution in [1.82, 2.24) is 10.9 Å². The summed E-state index contributed by atoms with van der Waals surface area (Å²) in [5.41, 5.74) is 5.89. The maximum absolute atomic E-state index is 12.1. The number of benzene rings is 2. The van der Waals surface area contributed by atoms with Crippen LogP contribution < -0.4 is 15.6 Å². The van der Waals surface area contributed by atoms with Crippen molar-refractivity contribution >= 4 is 29.2 Å². The first-order valence-electron chi connectivity index (χ1n) is 7.44. The third-order valence-corrected chi connectivity index (χ3v) is 3.80. The van der Waals surface area contributed by atoms with Gasteiger partial charge in [-0.2, -0.15) is 0 Å². The number of halogens is 1. The molecule has 0 saturated carbocycles. The zero-order valence-corrected chi connectivity index (χ0v) is 14.5. The quantitative estimate of drug-likeness (QED) is 0.634. The topological polar surface area (TPSA) is 84.5 Å². The first-order chi connectivity index (χ1) is 11.9. The largest absolute Gasteiger partial charge is 0.496 e. The molecule has 0 aliphatic heterocycles. The van der Waals surface area contributed by atoms with Crippen molar-refractivity contribution in [2.75, 3.05) is 7.11 Å². The van der Waals surface area contributed by atoms with E-state index in [1.165, 1.54) is 14.0 Å². The number of Topliss-reactive ketones (excluding diaryl/α,β-unsaturated/α-hetero) is 1. The van der Waals surface area contributed by atoms with Crippen LogP contribution in [0.4, 0.5) is 0 Å². The maximum Gasteiger partial charge on any atom is 0.271 e. The Morgan fingerprint density at radius 3 is 2.44 bits per heavy atom. The summed E-state index contributed by atoms with van der Waals surface area (Å²) >= 11 is 5.93. The van der Waals surface area contributed by atoms with E-state index < -0.39 is 11.8 Å². The lowest BCUT2D eigenvalue weighted by Gasteiger charge is -2.11. The van der Waals surface area contributed by atoms with Crippen molar-refractivity contribution in [3.8, 4) is 5.75 Å². The lowest BCUT2D eigenvalue weighted by Crippen LogP contribution is -2.42. The predicted octanol–water partition coefficient (Wildman–Crippen LogP) is 2.55. The fraction of sp³-hybridized carbons (Fsp3) is 0.167. The fourth-order valence-electron chi connectivity index (χ4n) is 2.19. The number of hydrogen-bond donors (Lipinski definition) is 2. The van der Waals surface area contributed by atoms with Gasteiger partial charge in [0.1, 0.15) is 5.75 Å². The van der Waals surface area contributed by atoms with E-state index in [-0.39, 0.29) is 22.8 Å². The van der Waals surface area contributed by atoms with Crippen molar-refractivity contribution in [2.24, 2.45) is 0 Å². The molecule has 25 heavy (non-hydrogen) atoms. The number of amides is 2. The van der Waals surface area contributed by atoms with Crippen LogP contribution in [0.2, 0.25) is 5.02 Å². The van der Waals surface area contributed by atoms with Crippen LogP contribution in [0.5, 0.6) is 5.75 Å². The SMILES string of the molecule is COc1ccc(C(C)=O)cc1CC(=O)NNC(=O)c1ccccc1Cl. The molecular formula is C18H17ClN2O4. The number of methoxy groups -OCH3 is 1. The zero-order valence-electron chi connectivity index (χ0n) is 13.8. The molecule has 0 aliphatic carbocycles. The predicted molar refractivity (Wildman–Crippen MR) is 93.8 cm³/mol. The number of carbonyl (C=O) groups is 3. The van der Waals surface area contributed by atoms with Crippen LogP contribution in [0.15, 0.2) is 42.5 Å². The molecular weight excluding hydrogens is 344 g/mol. The molecule has 0 unspecified atom stereocenters. The van der Waals surface area contributed by atoms with Crippen LogP contribution in [0, 0.1) is 0 Å². The van der Waals surface area contributed by atoms with Crippen LogP contribution in [0.25, 0.3) is 0 Å². The summed E-state index contributed by atoms with van der Waals surface area (Å²) in [4.78, 5) is 35.6. The number of nitrogens with one attached hydrogen (secondary N) is 2. The van der Waals surface area contributed by atoms with Gasteiger partial charge >= 0.3 is 0 Å². The first-order valence-corrected chi connectivity index (χ1v) is 7.81. The second-order valence-corrected chi connectivity index (χ2v) is 5.65. The molecule has 0 atom stereocenters. The lowest BCUT2D eigenvalue weighted by molar-refractivity contribution is -0.121. The minimum absolute atomic E-state index is 0.0624. The van der Waals surface area contributed by atoms with Gasteiger partial charge in [0.15, 0.2) is 5.78 Å². The molecule has 0 aliphatic rings. The van der Waals surface area contributed by atoms with Crippen LogP contribution in [0.1, 0.15) is 33.2 Å². The Hall–Kier alpha value is -2.86. The van der Waals surface area contributed by atoms with Gasteiger partial charge in [-0.3, -0.25) is 25.2 Å². The van der Waals surface area contributed by atoms with E-state index in [9.17, 15) is 14.4 Å². The molecule has 2 N–H and O–H groups in total. The number of hydrazine groups is 1. The van der Waals surface area contributed by atoms with Gasteiger partial charge in [-0.05, 0) is 37.3 Å². The molecule has 2 rings (SSSR count). The summed E-state index contributed by atoms with van der Waals surface area (Å²) in [7, 11) is 1.48. The third-order valence-electron chi connectivity index (χ3n) is 3.47. The van der Waals surface area contributed by atoms with Crippen LogP contribution >= 0.6 is 11.6 Å². The van der Waals surface area contributed by atoms with E-state index in [0.29, 0.717) is 16.9 Å². The highest BCUT2D eigenvalue weighted by Crippen LogP contribution is 2.21. The normalized spacial score (nSPS) is 10.0. The van der Waals surface area contributed by atoms with E-state index in [2.05, 4.69) is 10.9 Å². The molecule has 130 valence electrons. The number of rotatable bonds is 5. The molecule has 0 saturated heterocycles. The molecule has 0 fully saturated rings. The summed E-state index contributed by atoms with van der Waals surface area (Å²) in [6.45, 7) is 1.44. The second-order valence-electron chi connectivity index (χ2n) is 5.24. The molecule has 0 aromatic heterocycles. The zero-order chi connectivity index (χ0) is 18.4. The van der Waals surface area contributed by atoms with Gasteiger partial charge in [-0.1, -0.05) is 23.7 Å². The molecule has 0 heterocycles. The summed E-state index contributed by atoms with van der Waals surface area (Å²) in [6.07, 6.45) is -0.0624. The van der Waals surface area contributed by atoms with Crippen LogP contribution in [-0.4, -0.2) is 24.7 Å². The lowest BCUT2D eigenvalue weighted by atomic mass is 10.0. The molecule has 0 radical (unpaired) electrons. The Balaban J connectivity index is 2.03. The minimum Gasteiger partial charge on any atom is -0.496 e. The highest BCUT2D eigenvalue weighted by atomic mass is 35.5. The summed E-state index contributed by atoms with van der Waals surface area (Å²) < 4.78 is 5.20. The number of carbonyl (C=O) groups excluding carboxylic acids is 3. The van der Waals surface area contributed by atoms with Crippen LogP contribution in [0.3, 0.4) is 0 Å². The van der Waals surface area contributed by atoms with E-state index >= 15 is 0 Å². The fourth-order valence-corrected chi connectivity index (χ4v) is 2.41. The van der Waals surface area contributed by atoms with E-state index in [0.717, 1.165) is 0 Å². The molecule has 2 aromatic rings. The molecule has 2 aromatic carbocycles.